The number of hydrogen-bond donors (Lipinski definition) is 2. The Balaban J connectivity index is 1.91. The molecule has 1 saturated carbocycles. The molecule has 0 spiro atoms. The molecule has 1 heterocycles. The van der Waals surface area contributed by atoms with Crippen molar-refractivity contribution in [2.45, 2.75) is 30.7 Å². The molecule has 0 radical (unpaired) electrons. The fraction of sp³-hybridized carbons (Fsp3) is 0.375. The summed E-state index contributed by atoms with van der Waals surface area (Å²) in [6, 6.07) is 9.72. The third-order valence-electron chi connectivity index (χ3n) is 4.02. The zero-order valence-electron chi connectivity index (χ0n) is 11.8. The van der Waals surface area contributed by atoms with Gasteiger partial charge in [-0.15, -0.1) is 11.8 Å². The van der Waals surface area contributed by atoms with E-state index in [1.54, 1.807) is 11.8 Å². The molecule has 0 atom stereocenters. The molecule has 1 aromatic carbocycles. The summed E-state index contributed by atoms with van der Waals surface area (Å²) in [7, 11) is 0. The van der Waals surface area contributed by atoms with Crippen molar-refractivity contribution in [1.29, 1.82) is 0 Å². The third-order valence-corrected chi connectivity index (χ3v) is 5.16. The summed E-state index contributed by atoms with van der Waals surface area (Å²) in [4.78, 5) is 4.68. The van der Waals surface area contributed by atoms with Gasteiger partial charge in [0.15, 0.2) is 5.84 Å². The van der Waals surface area contributed by atoms with E-state index in [4.69, 9.17) is 10.9 Å². The number of nitrogens with two attached hydrogens (primary N) is 1. The number of para-hydroxylation sites is 1. The Labute approximate surface area is 128 Å². The molecule has 1 aliphatic rings. The number of fused-ring (bicyclic) bond motifs is 1. The molecule has 3 rings (SSSR count). The predicted octanol–water partition coefficient (Wildman–Crippen LogP) is 3.61. The van der Waals surface area contributed by atoms with E-state index in [1.807, 2.05) is 30.3 Å². The van der Waals surface area contributed by atoms with E-state index in [-0.39, 0.29) is 5.84 Å². The molecule has 0 saturated heterocycles. The average Bonchev–Trinajstić information content (AvgIpc) is 3.04. The highest BCUT2D eigenvalue weighted by Crippen LogP contribution is 2.31. The molecule has 0 bridgehead atoms. The van der Waals surface area contributed by atoms with Gasteiger partial charge in [-0.25, -0.2) is 4.98 Å². The van der Waals surface area contributed by atoms with Crippen molar-refractivity contribution in [1.82, 2.24) is 4.98 Å². The van der Waals surface area contributed by atoms with Gasteiger partial charge in [-0.3, -0.25) is 0 Å². The van der Waals surface area contributed by atoms with Crippen LogP contribution < -0.4 is 5.73 Å². The van der Waals surface area contributed by atoms with Gasteiger partial charge in [0.1, 0.15) is 0 Å². The molecular formula is C16H19N3OS. The highest BCUT2D eigenvalue weighted by molar-refractivity contribution is 7.99. The van der Waals surface area contributed by atoms with Crippen molar-refractivity contribution in [3.63, 3.8) is 0 Å². The van der Waals surface area contributed by atoms with Crippen molar-refractivity contribution in [2.75, 3.05) is 5.75 Å². The van der Waals surface area contributed by atoms with E-state index in [0.29, 0.717) is 0 Å². The standard InChI is InChI=1S/C16H19N3OS/c17-16(19-20)13-9-15(21-10-11-5-1-2-6-11)18-14-8-4-3-7-12(13)14/h3-4,7-9,11,20H,1-2,5-6,10H2,(H2,17,19). The Hall–Kier alpha value is -1.75. The fourth-order valence-electron chi connectivity index (χ4n) is 2.87. The van der Waals surface area contributed by atoms with Crippen LogP contribution in [0.5, 0.6) is 0 Å². The van der Waals surface area contributed by atoms with Crippen LogP contribution in [0.25, 0.3) is 10.9 Å². The quantitative estimate of drug-likeness (QED) is 0.297. The molecule has 4 nitrogen and oxygen atoms in total. The minimum absolute atomic E-state index is 0.135. The number of oxime groups is 1. The molecule has 0 amide bonds. The molecule has 1 aliphatic carbocycles. The largest absolute Gasteiger partial charge is 0.409 e. The van der Waals surface area contributed by atoms with E-state index < -0.39 is 0 Å². The molecule has 5 heteroatoms. The second-order valence-electron chi connectivity index (χ2n) is 5.47. The molecule has 0 unspecified atom stereocenters. The van der Waals surface area contributed by atoms with Crippen LogP contribution in [-0.4, -0.2) is 21.8 Å². The molecule has 0 aliphatic heterocycles. The first kappa shape index (κ1) is 14.2. The maximum Gasteiger partial charge on any atom is 0.170 e. The lowest BCUT2D eigenvalue weighted by molar-refractivity contribution is 0.318. The van der Waals surface area contributed by atoms with Crippen LogP contribution >= 0.6 is 11.8 Å². The van der Waals surface area contributed by atoms with E-state index in [0.717, 1.165) is 33.2 Å². The SMILES string of the molecule is NC(=NO)c1cc(SCC2CCCC2)nc2ccccc12. The summed E-state index contributed by atoms with van der Waals surface area (Å²) >= 11 is 1.77. The van der Waals surface area contributed by atoms with Gasteiger partial charge in [0.2, 0.25) is 0 Å². The zero-order chi connectivity index (χ0) is 14.7. The Morgan fingerprint density at radius 3 is 2.86 bits per heavy atom. The summed E-state index contributed by atoms with van der Waals surface area (Å²) in [5, 5.41) is 14.0. The minimum Gasteiger partial charge on any atom is -0.409 e. The maximum absolute atomic E-state index is 8.98. The molecule has 21 heavy (non-hydrogen) atoms. The first-order valence-corrected chi connectivity index (χ1v) is 8.27. The van der Waals surface area contributed by atoms with Crippen molar-refractivity contribution < 1.29 is 5.21 Å². The summed E-state index contributed by atoms with van der Waals surface area (Å²) in [6.45, 7) is 0. The highest BCUT2D eigenvalue weighted by atomic mass is 32.2. The molecule has 1 fully saturated rings. The van der Waals surface area contributed by atoms with Gasteiger partial charge in [0.25, 0.3) is 0 Å². The first-order chi connectivity index (χ1) is 10.3. The van der Waals surface area contributed by atoms with Gasteiger partial charge in [-0.2, -0.15) is 0 Å². The van der Waals surface area contributed by atoms with Crippen LogP contribution in [0.3, 0.4) is 0 Å². The van der Waals surface area contributed by atoms with Gasteiger partial charge in [0, 0.05) is 16.7 Å². The van der Waals surface area contributed by atoms with Crippen LogP contribution in [0.1, 0.15) is 31.2 Å². The Kier molecular flexibility index (Phi) is 4.29. The van der Waals surface area contributed by atoms with Crippen LogP contribution in [0, 0.1) is 5.92 Å². The summed E-state index contributed by atoms with van der Waals surface area (Å²) in [5.41, 5.74) is 7.44. The van der Waals surface area contributed by atoms with E-state index in [1.165, 1.54) is 25.7 Å². The monoisotopic (exact) mass is 301 g/mol. The third kappa shape index (κ3) is 3.13. The van der Waals surface area contributed by atoms with Gasteiger partial charge < -0.3 is 10.9 Å². The van der Waals surface area contributed by atoms with Crippen LogP contribution in [0.15, 0.2) is 40.5 Å². The van der Waals surface area contributed by atoms with Crippen molar-refractivity contribution in [2.24, 2.45) is 16.8 Å². The normalized spacial score (nSPS) is 16.7. The van der Waals surface area contributed by atoms with Crippen LogP contribution in [0.2, 0.25) is 0 Å². The first-order valence-electron chi connectivity index (χ1n) is 7.28. The number of benzene rings is 1. The molecule has 2 aromatic rings. The number of pyridine rings is 1. The maximum atomic E-state index is 8.98. The Morgan fingerprint density at radius 1 is 1.33 bits per heavy atom. The lowest BCUT2D eigenvalue weighted by Crippen LogP contribution is -2.14. The van der Waals surface area contributed by atoms with Crippen molar-refractivity contribution in [3.8, 4) is 0 Å². The summed E-state index contributed by atoms with van der Waals surface area (Å²) in [6.07, 6.45) is 5.36. The predicted molar refractivity (Wildman–Crippen MR) is 86.9 cm³/mol. The van der Waals surface area contributed by atoms with E-state index in [2.05, 4.69) is 10.1 Å². The lowest BCUT2D eigenvalue weighted by atomic mass is 10.1. The van der Waals surface area contributed by atoms with Gasteiger partial charge >= 0.3 is 0 Å². The number of amidine groups is 1. The Bertz CT molecular complexity index is 666. The van der Waals surface area contributed by atoms with Gasteiger partial charge in [-0.05, 0) is 30.9 Å². The average molecular weight is 301 g/mol. The number of thioether (sulfide) groups is 1. The van der Waals surface area contributed by atoms with Crippen LogP contribution in [0.4, 0.5) is 0 Å². The van der Waals surface area contributed by atoms with Crippen molar-refractivity contribution >= 4 is 28.5 Å². The van der Waals surface area contributed by atoms with E-state index in [9.17, 15) is 0 Å². The molecule has 1 aromatic heterocycles. The van der Waals surface area contributed by atoms with Gasteiger partial charge in [-0.1, -0.05) is 36.2 Å². The molecule has 110 valence electrons. The number of aromatic nitrogens is 1. The second kappa shape index (κ2) is 6.35. The smallest absolute Gasteiger partial charge is 0.170 e. The zero-order valence-corrected chi connectivity index (χ0v) is 12.6. The number of rotatable bonds is 4. The van der Waals surface area contributed by atoms with Gasteiger partial charge in [0.05, 0.1) is 10.5 Å². The topological polar surface area (TPSA) is 71.5 Å². The van der Waals surface area contributed by atoms with Crippen LogP contribution in [-0.2, 0) is 0 Å². The highest BCUT2D eigenvalue weighted by Gasteiger charge is 2.16. The summed E-state index contributed by atoms with van der Waals surface area (Å²) in [5.74, 6) is 2.04. The minimum atomic E-state index is 0.135. The van der Waals surface area contributed by atoms with Crippen molar-refractivity contribution in [3.05, 3.63) is 35.9 Å². The fourth-order valence-corrected chi connectivity index (χ4v) is 3.97. The second-order valence-corrected chi connectivity index (χ2v) is 6.51. The lowest BCUT2D eigenvalue weighted by Gasteiger charge is -2.10. The van der Waals surface area contributed by atoms with E-state index >= 15 is 0 Å². The molecule has 3 N–H and O–H groups in total. The molecular weight excluding hydrogens is 282 g/mol. The number of hydrogen-bond acceptors (Lipinski definition) is 4. The number of nitrogens with zero attached hydrogens (tertiary/aromatic N) is 2. The summed E-state index contributed by atoms with van der Waals surface area (Å²) < 4.78 is 0. The Morgan fingerprint density at radius 2 is 2.10 bits per heavy atom.